The van der Waals surface area contributed by atoms with Crippen molar-refractivity contribution in [2.75, 3.05) is 25.0 Å². The average Bonchev–Trinajstić information content (AvgIpc) is 2.35. The van der Waals surface area contributed by atoms with E-state index in [1.165, 1.54) is 5.56 Å². The first-order chi connectivity index (χ1) is 7.72. The summed E-state index contributed by atoms with van der Waals surface area (Å²) in [7, 11) is 1.98. The first-order valence-corrected chi connectivity index (χ1v) is 6.11. The largest absolute Gasteiger partial charge is 0.357 e. The zero-order chi connectivity index (χ0) is 12.0. The second-order valence-corrected chi connectivity index (χ2v) is 4.04. The Hall–Kier alpha value is -1.09. The fourth-order valence-electron chi connectivity index (χ4n) is 1.75. The quantitative estimate of drug-likeness (QED) is 0.800. The van der Waals surface area contributed by atoms with Crippen LogP contribution in [0.25, 0.3) is 0 Å². The molecule has 3 heteroatoms. The number of hydrogen-bond acceptors (Lipinski definition) is 3. The molecule has 1 aromatic heterocycles. The van der Waals surface area contributed by atoms with Crippen molar-refractivity contribution in [1.82, 2.24) is 10.3 Å². The van der Waals surface area contributed by atoms with Crippen molar-refractivity contribution >= 4 is 5.82 Å². The van der Waals surface area contributed by atoms with Gasteiger partial charge in [-0.3, -0.25) is 0 Å². The van der Waals surface area contributed by atoms with Crippen molar-refractivity contribution in [2.45, 2.75) is 33.2 Å². The van der Waals surface area contributed by atoms with E-state index in [0.29, 0.717) is 6.04 Å². The van der Waals surface area contributed by atoms with E-state index in [2.05, 4.69) is 48.1 Å². The van der Waals surface area contributed by atoms with Crippen molar-refractivity contribution in [2.24, 2.45) is 0 Å². The van der Waals surface area contributed by atoms with Crippen LogP contribution in [0, 0.1) is 0 Å². The minimum absolute atomic E-state index is 0.377. The van der Waals surface area contributed by atoms with E-state index >= 15 is 0 Å². The summed E-state index contributed by atoms with van der Waals surface area (Å²) in [5, 5.41) is 3.25. The monoisotopic (exact) mass is 221 g/mol. The molecule has 1 rings (SSSR count). The first-order valence-electron chi connectivity index (χ1n) is 6.11. The van der Waals surface area contributed by atoms with Gasteiger partial charge in [-0.25, -0.2) is 4.98 Å². The van der Waals surface area contributed by atoms with Gasteiger partial charge in [0.05, 0.1) is 0 Å². The molecule has 0 fully saturated rings. The zero-order valence-corrected chi connectivity index (χ0v) is 10.8. The van der Waals surface area contributed by atoms with Crippen LogP contribution in [0.1, 0.15) is 38.8 Å². The van der Waals surface area contributed by atoms with E-state index in [1.807, 2.05) is 13.2 Å². The molecule has 90 valence electrons. The van der Waals surface area contributed by atoms with Crippen molar-refractivity contribution in [3.63, 3.8) is 0 Å². The van der Waals surface area contributed by atoms with Gasteiger partial charge < -0.3 is 10.2 Å². The molecule has 0 amide bonds. The van der Waals surface area contributed by atoms with E-state index < -0.39 is 0 Å². The highest BCUT2D eigenvalue weighted by atomic mass is 15.2. The number of rotatable bonds is 6. The second-order valence-electron chi connectivity index (χ2n) is 4.04. The smallest absolute Gasteiger partial charge is 0.128 e. The SMILES string of the molecule is CCCN(CC)c1cc(C(C)NC)ccn1. The molecule has 3 nitrogen and oxygen atoms in total. The van der Waals surface area contributed by atoms with Crippen LogP contribution < -0.4 is 10.2 Å². The molecule has 0 bridgehead atoms. The van der Waals surface area contributed by atoms with Crippen LogP contribution in [-0.2, 0) is 0 Å². The summed E-state index contributed by atoms with van der Waals surface area (Å²) in [6.45, 7) is 8.61. The van der Waals surface area contributed by atoms with Crippen LogP contribution >= 0.6 is 0 Å². The standard InChI is InChI=1S/C13H23N3/c1-5-9-16(6-2)13-10-12(7-8-15-13)11(3)14-4/h7-8,10-11,14H,5-6,9H2,1-4H3. The molecule has 1 atom stereocenters. The molecule has 1 aromatic rings. The number of nitrogens with zero attached hydrogens (tertiary/aromatic N) is 2. The summed E-state index contributed by atoms with van der Waals surface area (Å²) >= 11 is 0. The average molecular weight is 221 g/mol. The zero-order valence-electron chi connectivity index (χ0n) is 10.8. The summed E-state index contributed by atoms with van der Waals surface area (Å²) in [4.78, 5) is 6.76. The molecule has 0 spiro atoms. The molecule has 0 radical (unpaired) electrons. The minimum atomic E-state index is 0.377. The highest BCUT2D eigenvalue weighted by Gasteiger charge is 2.08. The van der Waals surface area contributed by atoms with Gasteiger partial charge in [-0.1, -0.05) is 6.92 Å². The molecule has 1 heterocycles. The summed E-state index contributed by atoms with van der Waals surface area (Å²) in [6, 6.07) is 4.63. The topological polar surface area (TPSA) is 28.2 Å². The summed E-state index contributed by atoms with van der Waals surface area (Å²) < 4.78 is 0. The fraction of sp³-hybridized carbons (Fsp3) is 0.615. The van der Waals surface area contributed by atoms with E-state index in [4.69, 9.17) is 0 Å². The van der Waals surface area contributed by atoms with Crippen LogP contribution in [0.15, 0.2) is 18.3 Å². The van der Waals surface area contributed by atoms with Gasteiger partial charge in [-0.05, 0) is 45.0 Å². The molecule has 1 unspecified atom stereocenters. The third-order valence-corrected chi connectivity index (χ3v) is 2.90. The molecule has 0 saturated carbocycles. The van der Waals surface area contributed by atoms with Gasteiger partial charge in [0.15, 0.2) is 0 Å². The highest BCUT2D eigenvalue weighted by molar-refractivity contribution is 5.41. The molecule has 0 aromatic carbocycles. The van der Waals surface area contributed by atoms with E-state index in [-0.39, 0.29) is 0 Å². The Labute approximate surface area is 98.9 Å². The molecule has 16 heavy (non-hydrogen) atoms. The molecule has 1 N–H and O–H groups in total. The number of pyridine rings is 1. The molecule has 0 aliphatic heterocycles. The van der Waals surface area contributed by atoms with Crippen molar-refractivity contribution in [1.29, 1.82) is 0 Å². The summed E-state index contributed by atoms with van der Waals surface area (Å²) in [5.41, 5.74) is 1.29. The lowest BCUT2D eigenvalue weighted by Gasteiger charge is -2.22. The van der Waals surface area contributed by atoms with Crippen molar-refractivity contribution in [3.05, 3.63) is 23.9 Å². The Bertz CT molecular complexity index is 312. The van der Waals surface area contributed by atoms with Crippen LogP contribution in [-0.4, -0.2) is 25.1 Å². The Morgan fingerprint density at radius 1 is 1.44 bits per heavy atom. The van der Waals surface area contributed by atoms with E-state index in [1.54, 1.807) is 0 Å². The van der Waals surface area contributed by atoms with E-state index in [0.717, 1.165) is 25.3 Å². The van der Waals surface area contributed by atoms with Gasteiger partial charge in [-0.2, -0.15) is 0 Å². The molecular weight excluding hydrogens is 198 g/mol. The molecule has 0 saturated heterocycles. The Morgan fingerprint density at radius 2 is 2.19 bits per heavy atom. The Morgan fingerprint density at radius 3 is 2.75 bits per heavy atom. The number of nitrogens with one attached hydrogen (secondary N) is 1. The number of aromatic nitrogens is 1. The maximum absolute atomic E-state index is 4.44. The van der Waals surface area contributed by atoms with Gasteiger partial charge in [0, 0.05) is 25.3 Å². The predicted molar refractivity (Wildman–Crippen MR) is 69.9 cm³/mol. The molecule has 0 aliphatic carbocycles. The maximum Gasteiger partial charge on any atom is 0.128 e. The number of anilines is 1. The van der Waals surface area contributed by atoms with Crippen LogP contribution in [0.3, 0.4) is 0 Å². The summed E-state index contributed by atoms with van der Waals surface area (Å²) in [6.07, 6.45) is 3.05. The number of hydrogen-bond donors (Lipinski definition) is 1. The second kappa shape index (κ2) is 6.48. The van der Waals surface area contributed by atoms with Gasteiger partial charge in [-0.15, -0.1) is 0 Å². The Balaban J connectivity index is 2.87. The van der Waals surface area contributed by atoms with Gasteiger partial charge in [0.25, 0.3) is 0 Å². The van der Waals surface area contributed by atoms with Crippen LogP contribution in [0.2, 0.25) is 0 Å². The highest BCUT2D eigenvalue weighted by Crippen LogP contribution is 2.17. The molecule has 0 aliphatic rings. The van der Waals surface area contributed by atoms with Gasteiger partial charge >= 0.3 is 0 Å². The first kappa shape index (κ1) is 13.0. The van der Waals surface area contributed by atoms with Crippen LogP contribution in [0.5, 0.6) is 0 Å². The lowest BCUT2D eigenvalue weighted by atomic mass is 10.1. The third kappa shape index (κ3) is 3.20. The van der Waals surface area contributed by atoms with Crippen molar-refractivity contribution < 1.29 is 0 Å². The van der Waals surface area contributed by atoms with E-state index in [9.17, 15) is 0 Å². The molecular formula is C13H23N3. The fourth-order valence-corrected chi connectivity index (χ4v) is 1.75. The van der Waals surface area contributed by atoms with Gasteiger partial charge in [0.1, 0.15) is 5.82 Å². The summed E-state index contributed by atoms with van der Waals surface area (Å²) in [5.74, 6) is 1.09. The Kier molecular flexibility index (Phi) is 5.26. The normalized spacial score (nSPS) is 12.5. The van der Waals surface area contributed by atoms with Crippen molar-refractivity contribution in [3.8, 4) is 0 Å². The maximum atomic E-state index is 4.44. The van der Waals surface area contributed by atoms with Crippen LogP contribution in [0.4, 0.5) is 5.82 Å². The predicted octanol–water partition coefficient (Wildman–Crippen LogP) is 2.60. The lowest BCUT2D eigenvalue weighted by Crippen LogP contribution is -2.24. The van der Waals surface area contributed by atoms with Gasteiger partial charge in [0.2, 0.25) is 0 Å². The minimum Gasteiger partial charge on any atom is -0.357 e. The lowest BCUT2D eigenvalue weighted by molar-refractivity contribution is 0.650. The third-order valence-electron chi connectivity index (χ3n) is 2.90.